The van der Waals surface area contributed by atoms with Gasteiger partial charge in [-0.3, -0.25) is 4.79 Å². The van der Waals surface area contributed by atoms with E-state index in [4.69, 9.17) is 0 Å². The minimum atomic E-state index is -4.71. The molecule has 1 heterocycles. The summed E-state index contributed by atoms with van der Waals surface area (Å²) in [6, 6.07) is 8.84. The molecule has 172 valence electrons. The number of carbonyl (C=O) groups excluding carboxylic acids is 1. The quantitative estimate of drug-likeness (QED) is 0.371. The number of rotatable bonds is 6. The van der Waals surface area contributed by atoms with Crippen molar-refractivity contribution in [3.63, 3.8) is 0 Å². The van der Waals surface area contributed by atoms with Crippen LogP contribution in [0, 0.1) is 17.5 Å². The van der Waals surface area contributed by atoms with Gasteiger partial charge in [-0.15, -0.1) is 0 Å². The first-order valence-electron chi connectivity index (χ1n) is 9.54. The Morgan fingerprint density at radius 2 is 1.73 bits per heavy atom. The van der Waals surface area contributed by atoms with Gasteiger partial charge in [0, 0.05) is 30.8 Å². The van der Waals surface area contributed by atoms with Crippen LogP contribution in [0.15, 0.2) is 54.6 Å². The van der Waals surface area contributed by atoms with Crippen LogP contribution in [0.5, 0.6) is 0 Å². The van der Waals surface area contributed by atoms with Gasteiger partial charge in [0.15, 0.2) is 0 Å². The Kier molecular flexibility index (Phi) is 7.05. The van der Waals surface area contributed by atoms with Gasteiger partial charge in [-0.2, -0.15) is 13.2 Å². The van der Waals surface area contributed by atoms with Crippen molar-refractivity contribution in [1.29, 1.82) is 0 Å². The Morgan fingerprint density at radius 3 is 2.33 bits per heavy atom. The van der Waals surface area contributed by atoms with Gasteiger partial charge in [0.25, 0.3) is 0 Å². The van der Waals surface area contributed by atoms with Gasteiger partial charge in [0.2, 0.25) is 5.91 Å². The lowest BCUT2D eigenvalue weighted by Gasteiger charge is -2.11. The van der Waals surface area contributed by atoms with Gasteiger partial charge in [-0.25, -0.2) is 18.2 Å². The number of pyridine rings is 1. The van der Waals surface area contributed by atoms with E-state index in [0.717, 1.165) is 42.5 Å². The van der Waals surface area contributed by atoms with Gasteiger partial charge >= 0.3 is 6.18 Å². The van der Waals surface area contributed by atoms with E-state index in [-0.39, 0.29) is 34.6 Å². The molecular formula is C23H17F6N3O. The first-order valence-corrected chi connectivity index (χ1v) is 9.54. The predicted octanol–water partition coefficient (Wildman–Crippen LogP) is 5.56. The summed E-state index contributed by atoms with van der Waals surface area (Å²) < 4.78 is 80.5. The number of carbonyl (C=O) groups is 1. The molecule has 0 bridgehead atoms. The molecule has 0 unspecified atom stereocenters. The summed E-state index contributed by atoms with van der Waals surface area (Å²) in [4.78, 5) is 15.8. The van der Waals surface area contributed by atoms with Crippen LogP contribution < -0.4 is 10.6 Å². The number of amides is 1. The van der Waals surface area contributed by atoms with E-state index in [1.165, 1.54) is 25.3 Å². The lowest BCUT2D eigenvalue weighted by atomic mass is 10.0. The molecule has 3 rings (SSSR count). The van der Waals surface area contributed by atoms with E-state index in [0.29, 0.717) is 0 Å². The van der Waals surface area contributed by atoms with Crippen molar-refractivity contribution in [2.75, 3.05) is 12.4 Å². The number of hydrogen-bond donors (Lipinski definition) is 2. The maximum absolute atomic E-state index is 13.8. The molecule has 2 N–H and O–H groups in total. The van der Waals surface area contributed by atoms with E-state index in [9.17, 15) is 31.1 Å². The molecular weight excluding hydrogens is 448 g/mol. The lowest BCUT2D eigenvalue weighted by molar-refractivity contribution is -0.141. The first kappa shape index (κ1) is 23.8. The SMILES string of the molecule is CNc1c(F)cc(CNC(=O)/C=C/c2ccc(C(F)(F)F)nc2-c2cccc(F)c2)cc1F. The molecule has 0 radical (unpaired) electrons. The fourth-order valence-corrected chi connectivity index (χ4v) is 3.01. The number of hydrogen-bond acceptors (Lipinski definition) is 3. The molecule has 0 aliphatic rings. The average Bonchev–Trinajstić information content (AvgIpc) is 2.75. The van der Waals surface area contributed by atoms with Gasteiger partial charge in [0.1, 0.15) is 28.8 Å². The summed E-state index contributed by atoms with van der Waals surface area (Å²) in [5.41, 5.74) is -1.24. The van der Waals surface area contributed by atoms with Crippen LogP contribution in [-0.4, -0.2) is 17.9 Å². The topological polar surface area (TPSA) is 54.0 Å². The van der Waals surface area contributed by atoms with E-state index in [2.05, 4.69) is 15.6 Å². The molecule has 4 nitrogen and oxygen atoms in total. The van der Waals surface area contributed by atoms with Gasteiger partial charge in [-0.05, 0) is 42.0 Å². The summed E-state index contributed by atoms with van der Waals surface area (Å²) in [6.07, 6.45) is -2.47. The number of aromatic nitrogens is 1. The molecule has 1 aromatic heterocycles. The molecule has 33 heavy (non-hydrogen) atoms. The van der Waals surface area contributed by atoms with Crippen LogP contribution >= 0.6 is 0 Å². The molecule has 0 fully saturated rings. The summed E-state index contributed by atoms with van der Waals surface area (Å²) in [5.74, 6) is -2.98. The molecule has 0 aliphatic heterocycles. The number of nitrogens with one attached hydrogen (secondary N) is 2. The van der Waals surface area contributed by atoms with E-state index < -0.39 is 35.2 Å². The molecule has 2 aromatic carbocycles. The van der Waals surface area contributed by atoms with E-state index in [1.54, 1.807) is 0 Å². The fraction of sp³-hybridized carbons (Fsp3) is 0.130. The van der Waals surface area contributed by atoms with Crippen LogP contribution in [0.4, 0.5) is 32.0 Å². The highest BCUT2D eigenvalue weighted by Gasteiger charge is 2.33. The maximum Gasteiger partial charge on any atom is 0.433 e. The smallest absolute Gasteiger partial charge is 0.383 e. The number of benzene rings is 2. The van der Waals surface area contributed by atoms with Crippen LogP contribution in [0.1, 0.15) is 16.8 Å². The highest BCUT2D eigenvalue weighted by molar-refractivity contribution is 5.92. The van der Waals surface area contributed by atoms with Crippen LogP contribution in [0.25, 0.3) is 17.3 Å². The van der Waals surface area contributed by atoms with Crippen molar-refractivity contribution in [1.82, 2.24) is 10.3 Å². The zero-order valence-corrected chi connectivity index (χ0v) is 17.1. The molecule has 0 spiro atoms. The Balaban J connectivity index is 1.82. The zero-order valence-electron chi connectivity index (χ0n) is 17.1. The van der Waals surface area contributed by atoms with Crippen LogP contribution in [0.2, 0.25) is 0 Å². The summed E-state index contributed by atoms with van der Waals surface area (Å²) in [5, 5.41) is 4.81. The number of halogens is 6. The van der Waals surface area contributed by atoms with Crippen molar-refractivity contribution in [2.24, 2.45) is 0 Å². The highest BCUT2D eigenvalue weighted by atomic mass is 19.4. The van der Waals surface area contributed by atoms with Crippen molar-refractivity contribution < 1.29 is 31.1 Å². The normalized spacial score (nSPS) is 11.6. The van der Waals surface area contributed by atoms with Gasteiger partial charge < -0.3 is 10.6 Å². The monoisotopic (exact) mass is 465 g/mol. The largest absolute Gasteiger partial charge is 0.433 e. The molecule has 0 saturated carbocycles. The van der Waals surface area contributed by atoms with Crippen LogP contribution in [0.3, 0.4) is 0 Å². The molecule has 1 amide bonds. The van der Waals surface area contributed by atoms with Crippen LogP contribution in [-0.2, 0) is 17.5 Å². The molecule has 0 saturated heterocycles. The van der Waals surface area contributed by atoms with Gasteiger partial charge in [0.05, 0.1) is 5.69 Å². The van der Waals surface area contributed by atoms with Crippen molar-refractivity contribution in [3.05, 3.63) is 88.9 Å². The standard InChI is InChI=1S/C23H17F6N3O/c1-30-22-17(25)9-13(10-18(22)26)12-31-20(33)8-6-14-5-7-19(23(27,28)29)32-21(14)15-3-2-4-16(24)11-15/h2-11,30H,12H2,1H3,(H,31,33)/b8-6+. The third-order valence-corrected chi connectivity index (χ3v) is 4.55. The Bertz CT molecular complexity index is 1180. The second-order valence-electron chi connectivity index (χ2n) is 6.88. The third kappa shape index (κ3) is 5.91. The lowest BCUT2D eigenvalue weighted by Crippen LogP contribution is -2.20. The highest BCUT2D eigenvalue weighted by Crippen LogP contribution is 2.32. The maximum atomic E-state index is 13.8. The Morgan fingerprint density at radius 1 is 1.03 bits per heavy atom. The summed E-state index contributed by atoms with van der Waals surface area (Å²) in [6.45, 7) is -0.191. The predicted molar refractivity (Wildman–Crippen MR) is 111 cm³/mol. The molecule has 0 atom stereocenters. The van der Waals surface area contributed by atoms with E-state index in [1.807, 2.05) is 0 Å². The van der Waals surface area contributed by atoms with Crippen molar-refractivity contribution in [3.8, 4) is 11.3 Å². The van der Waals surface area contributed by atoms with Crippen molar-refractivity contribution in [2.45, 2.75) is 12.7 Å². The zero-order chi connectivity index (χ0) is 24.2. The molecule has 0 aliphatic carbocycles. The summed E-state index contributed by atoms with van der Waals surface area (Å²) in [7, 11) is 1.36. The fourth-order valence-electron chi connectivity index (χ4n) is 3.01. The summed E-state index contributed by atoms with van der Waals surface area (Å²) >= 11 is 0. The van der Waals surface area contributed by atoms with Crippen molar-refractivity contribution >= 4 is 17.7 Å². The van der Waals surface area contributed by atoms with Gasteiger partial charge in [-0.1, -0.05) is 18.2 Å². The number of nitrogens with zero attached hydrogens (tertiary/aromatic N) is 1. The number of anilines is 1. The molecule has 3 aromatic rings. The second kappa shape index (κ2) is 9.76. The Hall–Kier alpha value is -3.82. The third-order valence-electron chi connectivity index (χ3n) is 4.55. The Labute approximate surface area is 185 Å². The first-order chi connectivity index (χ1) is 15.6. The van der Waals surface area contributed by atoms with E-state index >= 15 is 0 Å². The average molecular weight is 465 g/mol. The molecule has 10 heteroatoms. The minimum Gasteiger partial charge on any atom is -0.383 e. The number of alkyl halides is 3. The minimum absolute atomic E-state index is 0.0942. The second-order valence-corrected chi connectivity index (χ2v) is 6.88.